The predicted octanol–water partition coefficient (Wildman–Crippen LogP) is 2.66. The molecule has 25 heavy (non-hydrogen) atoms. The first-order valence-electron chi connectivity index (χ1n) is 9.15. The second kappa shape index (κ2) is 11.5. The fourth-order valence-electron chi connectivity index (χ4n) is 2.24. The second-order valence-electron chi connectivity index (χ2n) is 6.23. The van der Waals surface area contributed by atoms with E-state index < -0.39 is 5.69 Å². The van der Waals surface area contributed by atoms with Crippen LogP contribution in [0.2, 0.25) is 0 Å². The maximum Gasteiger partial charge on any atom is 0.351 e. The number of hydrogen-bond donors (Lipinski definition) is 2. The van der Waals surface area contributed by atoms with Crippen molar-refractivity contribution in [2.75, 3.05) is 13.2 Å². The van der Waals surface area contributed by atoms with Crippen molar-refractivity contribution in [3.63, 3.8) is 0 Å². The number of hydrogen-bond acceptors (Lipinski definition) is 5. The number of ether oxygens (including phenoxy) is 2. The minimum Gasteiger partial charge on any atom is -0.476 e. The molecule has 0 aliphatic heterocycles. The third-order valence-corrected chi connectivity index (χ3v) is 4.08. The molecule has 2 unspecified atom stereocenters. The van der Waals surface area contributed by atoms with E-state index in [0.29, 0.717) is 12.5 Å². The Hall–Kier alpha value is -2.05. The van der Waals surface area contributed by atoms with Gasteiger partial charge in [-0.25, -0.2) is 4.79 Å². The van der Waals surface area contributed by atoms with E-state index in [-0.39, 0.29) is 30.4 Å². The molecule has 7 nitrogen and oxygen atoms in total. The monoisotopic (exact) mass is 353 g/mol. The fraction of sp³-hybridized carbons (Fsp3) is 0.722. The lowest BCUT2D eigenvalue weighted by Crippen LogP contribution is -2.33. The number of nitrogens with zero attached hydrogens (tertiary/aromatic N) is 1. The molecular weight excluding hydrogens is 322 g/mol. The molecule has 0 aliphatic rings. The summed E-state index contributed by atoms with van der Waals surface area (Å²) in [5.74, 6) is 0.629. The molecule has 1 heterocycles. The Morgan fingerprint density at radius 2 is 2.08 bits per heavy atom. The van der Waals surface area contributed by atoms with E-state index in [2.05, 4.69) is 29.1 Å². The molecular formula is C18H31N3O4. The van der Waals surface area contributed by atoms with Gasteiger partial charge in [0, 0.05) is 6.54 Å². The summed E-state index contributed by atoms with van der Waals surface area (Å²) < 4.78 is 10.9. The highest BCUT2D eigenvalue weighted by Gasteiger charge is 2.11. The summed E-state index contributed by atoms with van der Waals surface area (Å²) in [5, 5.41) is 2.87. The van der Waals surface area contributed by atoms with E-state index in [1.54, 1.807) is 0 Å². The number of carbonyl (C=O) groups is 1. The van der Waals surface area contributed by atoms with E-state index in [1.165, 1.54) is 12.5 Å². The molecule has 1 amide bonds. The molecule has 0 fully saturated rings. The number of carbonyl (C=O) groups excluding carboxylic acids is 1. The Kier molecular flexibility index (Phi) is 9.65. The molecule has 1 rings (SSSR count). The number of nitrogens with one attached hydrogen (secondary N) is 2. The van der Waals surface area contributed by atoms with Crippen LogP contribution in [-0.4, -0.2) is 35.1 Å². The lowest BCUT2D eigenvalue weighted by Gasteiger charge is -2.15. The average Bonchev–Trinajstić information content (AvgIpc) is 2.59. The van der Waals surface area contributed by atoms with Gasteiger partial charge in [-0.3, -0.25) is 9.78 Å². The first kappa shape index (κ1) is 21.0. The van der Waals surface area contributed by atoms with Crippen LogP contribution in [0.25, 0.3) is 0 Å². The molecule has 2 N–H and O–H groups in total. The SMILES string of the molecule is CCCCC(CC)CNC(=O)COc1cc(OC(C)CC)[nH]c(=O)n1. The summed E-state index contributed by atoms with van der Waals surface area (Å²) in [6.07, 6.45) is 5.24. The van der Waals surface area contributed by atoms with Gasteiger partial charge in [-0.15, -0.1) is 0 Å². The summed E-state index contributed by atoms with van der Waals surface area (Å²) in [5.41, 5.74) is -0.568. The maximum absolute atomic E-state index is 11.9. The van der Waals surface area contributed by atoms with Crippen molar-refractivity contribution in [1.29, 1.82) is 0 Å². The molecule has 0 radical (unpaired) electrons. The Morgan fingerprint density at radius 1 is 1.32 bits per heavy atom. The zero-order valence-electron chi connectivity index (χ0n) is 15.8. The van der Waals surface area contributed by atoms with Crippen molar-refractivity contribution < 1.29 is 14.3 Å². The van der Waals surface area contributed by atoms with E-state index in [4.69, 9.17) is 9.47 Å². The standard InChI is InChI=1S/C18H31N3O4/c1-5-8-9-14(7-3)11-19-15(22)12-24-16-10-17(21-18(23)20-16)25-13(4)6-2/h10,13-14H,5-9,11-12H2,1-4H3,(H,19,22)(H,20,21,23). The quantitative estimate of drug-likeness (QED) is 0.602. The number of rotatable bonds is 12. The molecule has 7 heteroatoms. The number of aromatic nitrogens is 2. The number of H-pyrrole nitrogens is 1. The van der Waals surface area contributed by atoms with Crippen LogP contribution in [0, 0.1) is 5.92 Å². The van der Waals surface area contributed by atoms with E-state index in [0.717, 1.165) is 25.7 Å². The molecule has 1 aromatic rings. The van der Waals surface area contributed by atoms with E-state index in [1.807, 2.05) is 13.8 Å². The predicted molar refractivity (Wildman–Crippen MR) is 97.0 cm³/mol. The van der Waals surface area contributed by atoms with Crippen LogP contribution >= 0.6 is 0 Å². The maximum atomic E-state index is 11.9. The van der Waals surface area contributed by atoms with Gasteiger partial charge in [-0.05, 0) is 25.7 Å². The van der Waals surface area contributed by atoms with Crippen LogP contribution in [0.3, 0.4) is 0 Å². The van der Waals surface area contributed by atoms with Crippen molar-refractivity contribution in [2.45, 2.75) is 65.9 Å². The first-order valence-corrected chi connectivity index (χ1v) is 9.15. The van der Waals surface area contributed by atoms with Crippen molar-refractivity contribution >= 4 is 5.91 Å². The smallest absolute Gasteiger partial charge is 0.351 e. The number of unbranched alkanes of at least 4 members (excludes halogenated alkanes) is 1. The Balaban J connectivity index is 2.48. The largest absolute Gasteiger partial charge is 0.476 e. The Morgan fingerprint density at radius 3 is 2.72 bits per heavy atom. The molecule has 0 aliphatic carbocycles. The Labute approximate surface area is 149 Å². The summed E-state index contributed by atoms with van der Waals surface area (Å²) in [6.45, 7) is 8.63. The van der Waals surface area contributed by atoms with Gasteiger partial charge >= 0.3 is 5.69 Å². The summed E-state index contributed by atoms with van der Waals surface area (Å²) >= 11 is 0. The minimum absolute atomic E-state index is 0.0386. The summed E-state index contributed by atoms with van der Waals surface area (Å²) in [4.78, 5) is 29.7. The molecule has 1 aromatic heterocycles. The zero-order chi connectivity index (χ0) is 18.7. The van der Waals surface area contributed by atoms with Gasteiger partial charge in [-0.2, -0.15) is 4.98 Å². The third-order valence-electron chi connectivity index (χ3n) is 4.08. The van der Waals surface area contributed by atoms with E-state index >= 15 is 0 Å². The van der Waals surface area contributed by atoms with Crippen LogP contribution in [0.15, 0.2) is 10.9 Å². The number of aromatic amines is 1. The average molecular weight is 353 g/mol. The molecule has 0 saturated carbocycles. The van der Waals surface area contributed by atoms with Crippen LogP contribution < -0.4 is 20.5 Å². The number of amides is 1. The summed E-state index contributed by atoms with van der Waals surface area (Å²) in [7, 11) is 0. The van der Waals surface area contributed by atoms with Gasteiger partial charge < -0.3 is 14.8 Å². The van der Waals surface area contributed by atoms with Crippen LogP contribution in [-0.2, 0) is 4.79 Å². The topological polar surface area (TPSA) is 93.3 Å². The molecule has 0 bridgehead atoms. The lowest BCUT2D eigenvalue weighted by molar-refractivity contribution is -0.123. The van der Waals surface area contributed by atoms with Gasteiger partial charge in [0.2, 0.25) is 11.8 Å². The molecule has 0 aromatic carbocycles. The highest BCUT2D eigenvalue weighted by atomic mass is 16.5. The molecule has 2 atom stereocenters. The van der Waals surface area contributed by atoms with Crippen molar-refractivity contribution in [1.82, 2.24) is 15.3 Å². The molecule has 0 saturated heterocycles. The molecule has 142 valence electrons. The Bertz CT molecular complexity index is 574. The second-order valence-corrected chi connectivity index (χ2v) is 6.23. The van der Waals surface area contributed by atoms with Crippen molar-refractivity contribution in [3.05, 3.63) is 16.6 Å². The zero-order valence-corrected chi connectivity index (χ0v) is 15.8. The van der Waals surface area contributed by atoms with Gasteiger partial charge in [0.15, 0.2) is 6.61 Å². The van der Waals surface area contributed by atoms with Crippen LogP contribution in [0.5, 0.6) is 11.8 Å². The molecule has 0 spiro atoms. The first-order chi connectivity index (χ1) is 12.0. The van der Waals surface area contributed by atoms with Gasteiger partial charge in [0.25, 0.3) is 5.91 Å². The third kappa shape index (κ3) is 8.56. The van der Waals surface area contributed by atoms with Crippen molar-refractivity contribution in [3.8, 4) is 11.8 Å². The summed E-state index contributed by atoms with van der Waals surface area (Å²) in [6, 6.07) is 1.48. The normalized spacial score (nSPS) is 13.1. The van der Waals surface area contributed by atoms with Crippen LogP contribution in [0.4, 0.5) is 0 Å². The highest BCUT2D eigenvalue weighted by molar-refractivity contribution is 5.77. The van der Waals surface area contributed by atoms with Gasteiger partial charge in [-0.1, -0.05) is 40.0 Å². The van der Waals surface area contributed by atoms with Gasteiger partial charge in [0.1, 0.15) is 0 Å². The van der Waals surface area contributed by atoms with Crippen molar-refractivity contribution in [2.24, 2.45) is 5.92 Å². The fourth-order valence-corrected chi connectivity index (χ4v) is 2.24. The van der Waals surface area contributed by atoms with E-state index in [9.17, 15) is 9.59 Å². The van der Waals surface area contributed by atoms with Gasteiger partial charge in [0.05, 0.1) is 12.2 Å². The van der Waals surface area contributed by atoms with Crippen LogP contribution in [0.1, 0.15) is 59.8 Å². The minimum atomic E-state index is -0.568. The lowest BCUT2D eigenvalue weighted by atomic mass is 9.99. The highest BCUT2D eigenvalue weighted by Crippen LogP contribution is 2.14.